The summed E-state index contributed by atoms with van der Waals surface area (Å²) in [6.45, 7) is 4.42. The second-order valence-electron chi connectivity index (χ2n) is 6.34. The van der Waals surface area contributed by atoms with Crippen molar-refractivity contribution in [1.82, 2.24) is 14.8 Å². The lowest BCUT2D eigenvalue weighted by atomic mass is 10.1. The topological polar surface area (TPSA) is 77.2 Å². The molecule has 0 aliphatic carbocycles. The van der Waals surface area contributed by atoms with Crippen molar-refractivity contribution in [2.24, 2.45) is 0 Å². The number of aliphatic carboxylic acids is 1. The Balaban J connectivity index is 1.88. The van der Waals surface area contributed by atoms with Gasteiger partial charge in [-0.05, 0) is 43.2 Å². The lowest BCUT2D eigenvalue weighted by molar-refractivity contribution is -0.136. The largest absolute Gasteiger partial charge is 0.494 e. The van der Waals surface area contributed by atoms with Crippen LogP contribution >= 0.6 is 11.8 Å². The van der Waals surface area contributed by atoms with Crippen LogP contribution in [0.3, 0.4) is 0 Å². The number of nitrogens with zero attached hydrogens (tertiary/aromatic N) is 3. The van der Waals surface area contributed by atoms with Crippen LogP contribution in [0.2, 0.25) is 0 Å². The zero-order valence-corrected chi connectivity index (χ0v) is 16.7. The minimum Gasteiger partial charge on any atom is -0.494 e. The maximum absolute atomic E-state index is 11.3. The van der Waals surface area contributed by atoms with Crippen LogP contribution in [-0.2, 0) is 11.2 Å². The first-order valence-electron chi connectivity index (χ1n) is 9.19. The van der Waals surface area contributed by atoms with E-state index in [0.717, 1.165) is 29.2 Å². The Kier molecular flexibility index (Phi) is 6.71. The fourth-order valence-corrected chi connectivity index (χ4v) is 3.46. The Hall–Kier alpha value is -2.80. The normalized spacial score (nSPS) is 11.9. The van der Waals surface area contributed by atoms with E-state index in [-0.39, 0.29) is 0 Å². The summed E-state index contributed by atoms with van der Waals surface area (Å²) in [5.74, 6) is 0.729. The molecule has 1 aromatic heterocycles. The van der Waals surface area contributed by atoms with E-state index in [1.807, 2.05) is 59.2 Å². The number of aromatic nitrogens is 3. The smallest absolute Gasteiger partial charge is 0.316 e. The highest BCUT2D eigenvalue weighted by Crippen LogP contribution is 2.27. The Morgan fingerprint density at radius 3 is 2.50 bits per heavy atom. The van der Waals surface area contributed by atoms with Crippen LogP contribution in [-0.4, -0.2) is 37.7 Å². The Labute approximate surface area is 168 Å². The van der Waals surface area contributed by atoms with Crippen molar-refractivity contribution in [2.45, 2.75) is 37.1 Å². The molecule has 3 rings (SSSR count). The van der Waals surface area contributed by atoms with E-state index in [1.165, 1.54) is 11.8 Å². The molecule has 1 atom stereocenters. The summed E-state index contributed by atoms with van der Waals surface area (Å²) < 4.78 is 7.55. The quantitative estimate of drug-likeness (QED) is 0.545. The highest BCUT2D eigenvalue weighted by atomic mass is 32.2. The molecule has 0 aliphatic heterocycles. The van der Waals surface area contributed by atoms with Crippen molar-refractivity contribution in [2.75, 3.05) is 6.61 Å². The van der Waals surface area contributed by atoms with Crippen LogP contribution < -0.4 is 4.74 Å². The van der Waals surface area contributed by atoms with Crippen LogP contribution in [0, 0.1) is 0 Å². The van der Waals surface area contributed by atoms with E-state index in [2.05, 4.69) is 17.1 Å². The Morgan fingerprint density at radius 2 is 1.86 bits per heavy atom. The summed E-state index contributed by atoms with van der Waals surface area (Å²) >= 11 is 1.19. The fraction of sp³-hybridized carbons (Fsp3) is 0.286. The van der Waals surface area contributed by atoms with Gasteiger partial charge in [-0.1, -0.05) is 49.0 Å². The number of para-hydroxylation sites is 1. The molecule has 0 spiro atoms. The average molecular weight is 398 g/mol. The number of benzene rings is 2. The monoisotopic (exact) mass is 397 g/mol. The molecule has 0 bridgehead atoms. The summed E-state index contributed by atoms with van der Waals surface area (Å²) in [6, 6.07) is 17.7. The van der Waals surface area contributed by atoms with Crippen molar-refractivity contribution in [3.8, 4) is 11.4 Å². The number of ether oxygens (including phenoxy) is 1. The van der Waals surface area contributed by atoms with Crippen LogP contribution in [0.1, 0.15) is 31.7 Å². The van der Waals surface area contributed by atoms with Gasteiger partial charge in [0.1, 0.15) is 16.8 Å². The molecule has 7 heteroatoms. The predicted molar refractivity (Wildman–Crippen MR) is 109 cm³/mol. The second kappa shape index (κ2) is 9.41. The molecule has 146 valence electrons. The Bertz CT molecular complexity index is 910. The zero-order valence-electron chi connectivity index (χ0n) is 15.9. The van der Waals surface area contributed by atoms with E-state index in [0.29, 0.717) is 18.2 Å². The molecule has 1 N–H and O–H groups in total. The number of rotatable bonds is 9. The molecule has 0 amide bonds. The zero-order chi connectivity index (χ0) is 19.9. The van der Waals surface area contributed by atoms with E-state index in [9.17, 15) is 9.90 Å². The van der Waals surface area contributed by atoms with Gasteiger partial charge in [0.2, 0.25) is 0 Å². The van der Waals surface area contributed by atoms with Gasteiger partial charge in [0, 0.05) is 12.1 Å². The van der Waals surface area contributed by atoms with Crippen LogP contribution in [0.25, 0.3) is 5.69 Å². The molecular formula is C21H23N3O3S. The molecule has 0 radical (unpaired) electrons. The van der Waals surface area contributed by atoms with Crippen molar-refractivity contribution in [3.05, 3.63) is 66.0 Å². The van der Waals surface area contributed by atoms with Crippen LogP contribution in [0.15, 0.2) is 59.8 Å². The van der Waals surface area contributed by atoms with Gasteiger partial charge in [0.05, 0.1) is 6.61 Å². The molecule has 28 heavy (non-hydrogen) atoms. The fourth-order valence-electron chi connectivity index (χ4n) is 2.64. The van der Waals surface area contributed by atoms with Crippen molar-refractivity contribution >= 4 is 17.7 Å². The summed E-state index contributed by atoms with van der Waals surface area (Å²) in [5.41, 5.74) is 1.99. The summed E-state index contributed by atoms with van der Waals surface area (Å²) in [5, 5.41) is 17.8. The second-order valence-corrected chi connectivity index (χ2v) is 7.65. The maximum atomic E-state index is 11.3. The predicted octanol–water partition coefficient (Wildman–Crippen LogP) is 4.21. The lowest BCUT2D eigenvalue weighted by Gasteiger charge is -2.12. The van der Waals surface area contributed by atoms with Gasteiger partial charge >= 0.3 is 5.97 Å². The van der Waals surface area contributed by atoms with Gasteiger partial charge in [0.25, 0.3) is 0 Å². The van der Waals surface area contributed by atoms with Crippen LogP contribution in [0.4, 0.5) is 0 Å². The SMILES string of the molecule is CCCOc1ccc(Cc2nnc(SC(C)C(=O)O)n2-c2ccccc2)cc1. The summed E-state index contributed by atoms with van der Waals surface area (Å²) in [6.07, 6.45) is 1.55. The van der Waals surface area contributed by atoms with Gasteiger partial charge in [-0.15, -0.1) is 10.2 Å². The summed E-state index contributed by atoms with van der Waals surface area (Å²) in [7, 11) is 0. The van der Waals surface area contributed by atoms with Gasteiger partial charge in [-0.3, -0.25) is 9.36 Å². The van der Waals surface area contributed by atoms with Gasteiger partial charge in [-0.2, -0.15) is 0 Å². The summed E-state index contributed by atoms with van der Waals surface area (Å²) in [4.78, 5) is 11.3. The van der Waals surface area contributed by atoms with Gasteiger partial charge in [0.15, 0.2) is 5.16 Å². The van der Waals surface area contributed by atoms with Crippen molar-refractivity contribution in [3.63, 3.8) is 0 Å². The lowest BCUT2D eigenvalue weighted by Crippen LogP contribution is -2.13. The molecule has 6 nitrogen and oxygen atoms in total. The Morgan fingerprint density at radius 1 is 1.14 bits per heavy atom. The van der Waals surface area contributed by atoms with E-state index in [1.54, 1.807) is 6.92 Å². The number of carbonyl (C=O) groups is 1. The van der Waals surface area contributed by atoms with E-state index in [4.69, 9.17) is 4.74 Å². The number of carboxylic acids is 1. The third kappa shape index (κ3) is 4.92. The molecule has 0 aliphatic rings. The van der Waals surface area contributed by atoms with Gasteiger partial charge in [-0.25, -0.2) is 0 Å². The standard InChI is InChI=1S/C21H23N3O3S/c1-3-13-27-18-11-9-16(10-12-18)14-19-22-23-21(28-15(2)20(25)26)24(19)17-7-5-4-6-8-17/h4-12,15H,3,13-14H2,1-2H3,(H,25,26). The molecular weight excluding hydrogens is 374 g/mol. The van der Waals surface area contributed by atoms with Crippen LogP contribution in [0.5, 0.6) is 5.75 Å². The maximum Gasteiger partial charge on any atom is 0.316 e. The molecule has 0 fully saturated rings. The first-order chi connectivity index (χ1) is 13.6. The first kappa shape index (κ1) is 19.9. The number of hydrogen-bond acceptors (Lipinski definition) is 5. The molecule has 3 aromatic rings. The number of carboxylic acid groups (broad SMARTS) is 1. The van der Waals surface area contributed by atoms with Crippen molar-refractivity contribution in [1.29, 1.82) is 0 Å². The van der Waals surface area contributed by atoms with Crippen molar-refractivity contribution < 1.29 is 14.6 Å². The third-order valence-corrected chi connectivity index (χ3v) is 5.13. The molecule has 2 aromatic carbocycles. The third-order valence-electron chi connectivity index (χ3n) is 4.10. The van der Waals surface area contributed by atoms with E-state index < -0.39 is 11.2 Å². The minimum absolute atomic E-state index is 0.569. The molecule has 0 saturated heterocycles. The molecule has 1 heterocycles. The van der Waals surface area contributed by atoms with E-state index >= 15 is 0 Å². The highest BCUT2D eigenvalue weighted by molar-refractivity contribution is 8.00. The first-order valence-corrected chi connectivity index (χ1v) is 10.1. The number of thioether (sulfide) groups is 1. The minimum atomic E-state index is -0.878. The average Bonchev–Trinajstić information content (AvgIpc) is 3.10. The molecule has 1 unspecified atom stereocenters. The highest BCUT2D eigenvalue weighted by Gasteiger charge is 2.20. The molecule has 0 saturated carbocycles. The number of hydrogen-bond donors (Lipinski definition) is 1. The van der Waals surface area contributed by atoms with Gasteiger partial charge < -0.3 is 9.84 Å².